The summed E-state index contributed by atoms with van der Waals surface area (Å²) >= 11 is 0. The normalized spacial score (nSPS) is 12.9. The third-order valence-corrected chi connectivity index (χ3v) is 5.86. The van der Waals surface area contributed by atoms with E-state index in [0.29, 0.717) is 23.0 Å². The number of hydrogen-bond acceptors (Lipinski definition) is 4. The van der Waals surface area contributed by atoms with Crippen LogP contribution in [-0.2, 0) is 4.79 Å². The van der Waals surface area contributed by atoms with Crippen molar-refractivity contribution in [3.05, 3.63) is 95.4 Å². The maximum absolute atomic E-state index is 13.1. The molecule has 1 heterocycles. The third kappa shape index (κ3) is 4.84. The molecular weight excluding hydrogens is 445 g/mol. The van der Waals surface area contributed by atoms with Gasteiger partial charge in [-0.15, -0.1) is 0 Å². The summed E-state index contributed by atoms with van der Waals surface area (Å²) in [6.45, 7) is 3.38. The number of nitrogens with one attached hydrogen (secondary N) is 1. The van der Waals surface area contributed by atoms with Gasteiger partial charge in [0.2, 0.25) is 5.88 Å². The van der Waals surface area contributed by atoms with Crippen LogP contribution in [0.4, 0.5) is 10.1 Å². The number of aromatic nitrogens is 2. The molecule has 1 aliphatic rings. The second-order valence-electron chi connectivity index (χ2n) is 8.72. The Morgan fingerprint density at radius 3 is 2.37 bits per heavy atom. The number of carbonyl (C=O) groups is 2. The second-order valence-corrected chi connectivity index (χ2v) is 8.72. The Bertz CT molecular complexity index is 1400. The lowest BCUT2D eigenvalue weighted by Crippen LogP contribution is -2.11. The van der Waals surface area contributed by atoms with Gasteiger partial charge in [0, 0.05) is 24.1 Å². The van der Waals surface area contributed by atoms with Crippen molar-refractivity contribution in [3.63, 3.8) is 0 Å². The first-order valence-corrected chi connectivity index (χ1v) is 11.4. The number of amides is 1. The summed E-state index contributed by atoms with van der Waals surface area (Å²) in [5.41, 5.74) is 5.35. The Labute approximate surface area is 202 Å². The maximum atomic E-state index is 13.1. The number of ether oxygens (including phenoxy) is 1. The van der Waals surface area contributed by atoms with E-state index in [9.17, 15) is 14.0 Å². The largest absolute Gasteiger partial charge is 0.407 e. The fraction of sp³-hybridized carbons (Fsp3) is 0.179. The Hall–Kier alpha value is -4.26. The zero-order chi connectivity index (χ0) is 24.5. The highest BCUT2D eigenvalue weighted by atomic mass is 19.1. The van der Waals surface area contributed by atoms with Gasteiger partial charge in [0.05, 0.1) is 16.9 Å². The number of hydrogen-bond donors (Lipinski definition) is 1. The molecular formula is C28H24FN3O3. The van der Waals surface area contributed by atoms with Crippen LogP contribution in [0.5, 0.6) is 5.88 Å². The summed E-state index contributed by atoms with van der Waals surface area (Å²) < 4.78 is 20.6. The zero-order valence-corrected chi connectivity index (χ0v) is 19.4. The number of aryl methyl sites for hydroxylation is 1. The van der Waals surface area contributed by atoms with E-state index in [-0.39, 0.29) is 5.91 Å². The van der Waals surface area contributed by atoms with Crippen molar-refractivity contribution in [2.45, 2.75) is 32.6 Å². The van der Waals surface area contributed by atoms with Gasteiger partial charge >= 0.3 is 5.97 Å². The molecule has 0 saturated heterocycles. The minimum Gasteiger partial charge on any atom is -0.407 e. The molecule has 1 aromatic heterocycles. The summed E-state index contributed by atoms with van der Waals surface area (Å²) in [4.78, 5) is 24.5. The molecule has 0 unspecified atom stereocenters. The van der Waals surface area contributed by atoms with Crippen molar-refractivity contribution < 1.29 is 18.7 Å². The standard InChI is InChI=1S/C28H24FN3O3/c1-17-4-3-5-24(16-17)32-28(35-18(2)33)25(26(31-32)20-6-7-20)19-10-14-23(15-11-19)30-27(34)21-8-12-22(29)13-9-21/h3-5,8-16,20H,6-7H2,1-2H3,(H,30,34). The van der Waals surface area contributed by atoms with Crippen LogP contribution in [-0.4, -0.2) is 21.7 Å². The number of nitrogens with zero attached hydrogens (tertiary/aromatic N) is 2. The van der Waals surface area contributed by atoms with Crippen LogP contribution in [0, 0.1) is 12.7 Å². The lowest BCUT2D eigenvalue weighted by molar-refractivity contribution is -0.132. The van der Waals surface area contributed by atoms with E-state index in [0.717, 1.165) is 40.9 Å². The Balaban J connectivity index is 1.51. The second kappa shape index (κ2) is 9.18. The smallest absolute Gasteiger partial charge is 0.309 e. The average Bonchev–Trinajstić information content (AvgIpc) is 3.61. The SMILES string of the molecule is CC(=O)Oc1c(-c2ccc(NC(=O)c3ccc(F)cc3)cc2)c(C2CC2)nn1-c1cccc(C)c1. The number of halogens is 1. The Morgan fingerprint density at radius 1 is 1.03 bits per heavy atom. The van der Waals surface area contributed by atoms with Crippen molar-refractivity contribution in [2.75, 3.05) is 5.32 Å². The van der Waals surface area contributed by atoms with Gasteiger partial charge < -0.3 is 10.1 Å². The first-order chi connectivity index (χ1) is 16.9. The molecule has 0 radical (unpaired) electrons. The molecule has 35 heavy (non-hydrogen) atoms. The van der Waals surface area contributed by atoms with Crippen LogP contribution >= 0.6 is 0 Å². The molecule has 1 fully saturated rings. The van der Waals surface area contributed by atoms with E-state index in [1.165, 1.54) is 31.2 Å². The van der Waals surface area contributed by atoms with Crippen molar-refractivity contribution >= 4 is 17.6 Å². The fourth-order valence-corrected chi connectivity index (χ4v) is 4.02. The maximum Gasteiger partial charge on any atom is 0.309 e. The summed E-state index contributed by atoms with van der Waals surface area (Å²) in [6, 6.07) is 20.6. The number of benzene rings is 3. The summed E-state index contributed by atoms with van der Waals surface area (Å²) in [5, 5.41) is 7.69. The van der Waals surface area contributed by atoms with Crippen LogP contribution in [0.1, 0.15) is 47.3 Å². The van der Waals surface area contributed by atoms with Gasteiger partial charge in [-0.1, -0.05) is 24.3 Å². The van der Waals surface area contributed by atoms with Gasteiger partial charge in [0.15, 0.2) is 0 Å². The first-order valence-electron chi connectivity index (χ1n) is 11.4. The molecule has 1 saturated carbocycles. The van der Waals surface area contributed by atoms with E-state index < -0.39 is 11.8 Å². The molecule has 0 aliphatic heterocycles. The number of esters is 1. The highest BCUT2D eigenvalue weighted by Gasteiger charge is 2.34. The summed E-state index contributed by atoms with van der Waals surface area (Å²) in [5.74, 6) is -0.460. The molecule has 4 aromatic rings. The number of anilines is 1. The monoisotopic (exact) mass is 469 g/mol. The predicted molar refractivity (Wildman–Crippen MR) is 131 cm³/mol. The molecule has 7 heteroatoms. The molecule has 176 valence electrons. The minimum atomic E-state index is -0.425. The molecule has 0 bridgehead atoms. The van der Waals surface area contributed by atoms with Crippen molar-refractivity contribution in [3.8, 4) is 22.7 Å². The molecule has 0 spiro atoms. The molecule has 1 amide bonds. The quantitative estimate of drug-likeness (QED) is 0.349. The molecule has 3 aromatic carbocycles. The molecule has 1 aliphatic carbocycles. The average molecular weight is 470 g/mol. The van der Waals surface area contributed by atoms with E-state index >= 15 is 0 Å². The van der Waals surface area contributed by atoms with Gasteiger partial charge in [-0.05, 0) is 79.4 Å². The lowest BCUT2D eigenvalue weighted by Gasteiger charge is -2.11. The van der Waals surface area contributed by atoms with Gasteiger partial charge in [0.25, 0.3) is 5.91 Å². The minimum absolute atomic E-state index is 0.309. The lowest BCUT2D eigenvalue weighted by atomic mass is 10.0. The highest BCUT2D eigenvalue weighted by Crippen LogP contribution is 2.48. The van der Waals surface area contributed by atoms with Crippen molar-refractivity contribution in [1.29, 1.82) is 0 Å². The Kier molecular flexibility index (Phi) is 5.91. The van der Waals surface area contributed by atoms with E-state index in [2.05, 4.69) is 5.32 Å². The van der Waals surface area contributed by atoms with Gasteiger partial charge in [-0.2, -0.15) is 9.78 Å². The van der Waals surface area contributed by atoms with E-state index in [1.807, 2.05) is 43.3 Å². The predicted octanol–water partition coefficient (Wildman–Crippen LogP) is 6.04. The van der Waals surface area contributed by atoms with Crippen LogP contribution in [0.3, 0.4) is 0 Å². The van der Waals surface area contributed by atoms with E-state index in [1.54, 1.807) is 16.8 Å². The molecule has 6 nitrogen and oxygen atoms in total. The first kappa shape index (κ1) is 22.5. The Morgan fingerprint density at radius 2 is 1.74 bits per heavy atom. The van der Waals surface area contributed by atoms with Gasteiger partial charge in [-0.25, -0.2) is 4.39 Å². The van der Waals surface area contributed by atoms with E-state index in [4.69, 9.17) is 9.84 Å². The molecule has 1 N–H and O–H groups in total. The van der Waals surface area contributed by atoms with Crippen LogP contribution in [0.15, 0.2) is 72.8 Å². The van der Waals surface area contributed by atoms with Crippen LogP contribution in [0.25, 0.3) is 16.8 Å². The fourth-order valence-electron chi connectivity index (χ4n) is 4.02. The van der Waals surface area contributed by atoms with Crippen molar-refractivity contribution in [1.82, 2.24) is 9.78 Å². The van der Waals surface area contributed by atoms with Crippen LogP contribution < -0.4 is 10.1 Å². The van der Waals surface area contributed by atoms with Crippen molar-refractivity contribution in [2.24, 2.45) is 0 Å². The number of rotatable bonds is 6. The topological polar surface area (TPSA) is 73.2 Å². The highest BCUT2D eigenvalue weighted by molar-refractivity contribution is 6.04. The van der Waals surface area contributed by atoms with Gasteiger partial charge in [-0.3, -0.25) is 9.59 Å². The zero-order valence-electron chi connectivity index (χ0n) is 19.4. The molecule has 5 rings (SSSR count). The molecule has 0 atom stereocenters. The summed E-state index contributed by atoms with van der Waals surface area (Å²) in [6.07, 6.45) is 2.06. The summed E-state index contributed by atoms with van der Waals surface area (Å²) in [7, 11) is 0. The van der Waals surface area contributed by atoms with Gasteiger partial charge in [0.1, 0.15) is 5.82 Å². The van der Waals surface area contributed by atoms with Crippen LogP contribution in [0.2, 0.25) is 0 Å². The number of carbonyl (C=O) groups excluding carboxylic acids is 2. The third-order valence-electron chi connectivity index (χ3n) is 5.86.